The summed E-state index contributed by atoms with van der Waals surface area (Å²) >= 11 is 0. The average Bonchev–Trinajstić information content (AvgIpc) is 2.13. The van der Waals surface area contributed by atoms with Crippen molar-refractivity contribution in [1.29, 1.82) is 0 Å². The van der Waals surface area contributed by atoms with Crippen LogP contribution in [0.5, 0.6) is 0 Å². The zero-order valence-corrected chi connectivity index (χ0v) is 8.53. The molecule has 0 radical (unpaired) electrons. The van der Waals surface area contributed by atoms with Gasteiger partial charge >= 0.3 is 0 Å². The minimum Gasteiger partial charge on any atom is -0.328 e. The summed E-state index contributed by atoms with van der Waals surface area (Å²) in [5, 5.41) is 3.49. The molecular weight excluding hydrogens is 174 g/mol. The molecule has 0 aliphatic heterocycles. The molecular formula is C11H17N3. The number of hydrogen-bond acceptors (Lipinski definition) is 3. The zero-order chi connectivity index (χ0) is 9.97. The van der Waals surface area contributed by atoms with Crippen molar-refractivity contribution < 1.29 is 0 Å². The molecule has 3 nitrogen and oxygen atoms in total. The Morgan fingerprint density at radius 3 is 3.00 bits per heavy atom. The van der Waals surface area contributed by atoms with Crippen molar-refractivity contribution in [3.63, 3.8) is 0 Å². The van der Waals surface area contributed by atoms with Gasteiger partial charge in [0.2, 0.25) is 0 Å². The number of nitrogens with one attached hydrogen (secondary N) is 1. The fourth-order valence-corrected chi connectivity index (χ4v) is 1.76. The first-order valence-electron chi connectivity index (χ1n) is 5.14. The Balaban J connectivity index is 1.83. The topological polar surface area (TPSA) is 50.9 Å². The predicted octanol–water partition coefficient (Wildman–Crippen LogP) is 0.969. The summed E-state index contributed by atoms with van der Waals surface area (Å²) in [6.45, 7) is 3.03. The van der Waals surface area contributed by atoms with Crippen LogP contribution in [-0.4, -0.2) is 17.1 Å². The maximum Gasteiger partial charge on any atom is 0.0315 e. The number of nitrogens with zero attached hydrogens (tertiary/aromatic N) is 1. The van der Waals surface area contributed by atoms with Crippen LogP contribution in [0.15, 0.2) is 18.5 Å². The molecule has 0 saturated heterocycles. The molecule has 0 aromatic carbocycles. The molecule has 1 heterocycles. The molecule has 1 aromatic heterocycles. The van der Waals surface area contributed by atoms with Crippen LogP contribution in [0.4, 0.5) is 0 Å². The highest BCUT2D eigenvalue weighted by Gasteiger charge is 2.24. The second kappa shape index (κ2) is 4.07. The molecule has 1 fully saturated rings. The number of pyridine rings is 1. The van der Waals surface area contributed by atoms with Crippen molar-refractivity contribution in [1.82, 2.24) is 10.3 Å². The standard InChI is InChI=1S/C11H17N3/c1-8-2-3-13-6-9(8)7-14-11-4-10(12)5-11/h2-3,6,10-11,14H,4-5,7,12H2,1H3. The van der Waals surface area contributed by atoms with Gasteiger partial charge in [-0.15, -0.1) is 0 Å². The first-order valence-corrected chi connectivity index (χ1v) is 5.14. The molecule has 3 heteroatoms. The van der Waals surface area contributed by atoms with Gasteiger partial charge in [-0.05, 0) is 37.0 Å². The molecule has 0 bridgehead atoms. The van der Waals surface area contributed by atoms with Crippen LogP contribution in [-0.2, 0) is 6.54 Å². The highest BCUT2D eigenvalue weighted by Crippen LogP contribution is 2.18. The van der Waals surface area contributed by atoms with E-state index in [0.717, 1.165) is 19.4 Å². The summed E-state index contributed by atoms with van der Waals surface area (Å²) in [4.78, 5) is 4.12. The summed E-state index contributed by atoms with van der Waals surface area (Å²) in [5.41, 5.74) is 8.30. The molecule has 1 saturated carbocycles. The van der Waals surface area contributed by atoms with E-state index in [0.29, 0.717) is 12.1 Å². The minimum atomic E-state index is 0.419. The molecule has 1 aromatic rings. The maximum absolute atomic E-state index is 5.72. The fourth-order valence-electron chi connectivity index (χ4n) is 1.76. The van der Waals surface area contributed by atoms with Crippen LogP contribution < -0.4 is 11.1 Å². The highest BCUT2D eigenvalue weighted by atomic mass is 14.9. The van der Waals surface area contributed by atoms with Gasteiger partial charge in [0.25, 0.3) is 0 Å². The van der Waals surface area contributed by atoms with Crippen molar-refractivity contribution in [2.24, 2.45) is 5.73 Å². The SMILES string of the molecule is Cc1ccncc1CNC1CC(N)C1. The lowest BCUT2D eigenvalue weighted by atomic mass is 9.87. The van der Waals surface area contributed by atoms with E-state index >= 15 is 0 Å². The summed E-state index contributed by atoms with van der Waals surface area (Å²) in [7, 11) is 0. The Morgan fingerprint density at radius 2 is 2.36 bits per heavy atom. The smallest absolute Gasteiger partial charge is 0.0315 e. The second-order valence-corrected chi connectivity index (χ2v) is 4.11. The predicted molar refractivity (Wildman–Crippen MR) is 56.8 cm³/mol. The van der Waals surface area contributed by atoms with E-state index in [1.54, 1.807) is 0 Å². The molecule has 0 atom stereocenters. The van der Waals surface area contributed by atoms with Gasteiger partial charge in [-0.25, -0.2) is 0 Å². The molecule has 0 spiro atoms. The number of aryl methyl sites for hydroxylation is 1. The lowest BCUT2D eigenvalue weighted by Gasteiger charge is -2.33. The van der Waals surface area contributed by atoms with E-state index in [9.17, 15) is 0 Å². The molecule has 2 rings (SSSR count). The van der Waals surface area contributed by atoms with Gasteiger partial charge in [-0.3, -0.25) is 4.98 Å². The molecule has 0 unspecified atom stereocenters. The number of rotatable bonds is 3. The first-order chi connectivity index (χ1) is 6.75. The van der Waals surface area contributed by atoms with Gasteiger partial charge < -0.3 is 11.1 Å². The van der Waals surface area contributed by atoms with Crippen molar-refractivity contribution in [3.8, 4) is 0 Å². The molecule has 14 heavy (non-hydrogen) atoms. The molecule has 0 amide bonds. The molecule has 3 N–H and O–H groups in total. The van der Waals surface area contributed by atoms with Crippen LogP contribution in [0.25, 0.3) is 0 Å². The summed E-state index contributed by atoms with van der Waals surface area (Å²) in [6.07, 6.45) is 5.98. The van der Waals surface area contributed by atoms with Gasteiger partial charge in [0.15, 0.2) is 0 Å². The van der Waals surface area contributed by atoms with Gasteiger partial charge in [0.05, 0.1) is 0 Å². The Hall–Kier alpha value is -0.930. The zero-order valence-electron chi connectivity index (χ0n) is 8.53. The Bertz CT molecular complexity index is 305. The van der Waals surface area contributed by atoms with Crippen LogP contribution >= 0.6 is 0 Å². The van der Waals surface area contributed by atoms with E-state index in [2.05, 4.69) is 17.2 Å². The molecule has 1 aliphatic carbocycles. The second-order valence-electron chi connectivity index (χ2n) is 4.11. The van der Waals surface area contributed by atoms with E-state index in [-0.39, 0.29) is 0 Å². The van der Waals surface area contributed by atoms with E-state index in [1.165, 1.54) is 11.1 Å². The largest absolute Gasteiger partial charge is 0.328 e. The third-order valence-electron chi connectivity index (χ3n) is 2.90. The van der Waals surface area contributed by atoms with E-state index in [4.69, 9.17) is 5.73 Å². The van der Waals surface area contributed by atoms with E-state index in [1.807, 2.05) is 18.5 Å². The third-order valence-corrected chi connectivity index (χ3v) is 2.90. The Kier molecular flexibility index (Phi) is 2.79. The monoisotopic (exact) mass is 191 g/mol. The maximum atomic E-state index is 5.72. The lowest BCUT2D eigenvalue weighted by molar-refractivity contribution is 0.290. The van der Waals surface area contributed by atoms with E-state index < -0.39 is 0 Å². The van der Waals surface area contributed by atoms with Gasteiger partial charge in [-0.1, -0.05) is 0 Å². The van der Waals surface area contributed by atoms with Crippen molar-refractivity contribution in [2.45, 2.75) is 38.4 Å². The molecule has 76 valence electrons. The van der Waals surface area contributed by atoms with Crippen molar-refractivity contribution >= 4 is 0 Å². The fraction of sp³-hybridized carbons (Fsp3) is 0.545. The van der Waals surface area contributed by atoms with Gasteiger partial charge in [-0.2, -0.15) is 0 Å². The number of aromatic nitrogens is 1. The van der Waals surface area contributed by atoms with Gasteiger partial charge in [0, 0.05) is 31.0 Å². The third kappa shape index (κ3) is 2.11. The van der Waals surface area contributed by atoms with Crippen LogP contribution in [0.1, 0.15) is 24.0 Å². The van der Waals surface area contributed by atoms with Crippen LogP contribution in [0.3, 0.4) is 0 Å². The highest BCUT2D eigenvalue weighted by molar-refractivity contribution is 5.21. The molecule has 1 aliphatic rings. The van der Waals surface area contributed by atoms with Crippen molar-refractivity contribution in [2.75, 3.05) is 0 Å². The lowest BCUT2D eigenvalue weighted by Crippen LogP contribution is -2.48. The van der Waals surface area contributed by atoms with Crippen molar-refractivity contribution in [3.05, 3.63) is 29.6 Å². The summed E-state index contributed by atoms with van der Waals surface area (Å²) in [5.74, 6) is 0. The summed E-state index contributed by atoms with van der Waals surface area (Å²) < 4.78 is 0. The van der Waals surface area contributed by atoms with Crippen LogP contribution in [0, 0.1) is 6.92 Å². The van der Waals surface area contributed by atoms with Gasteiger partial charge in [0.1, 0.15) is 0 Å². The summed E-state index contributed by atoms with van der Waals surface area (Å²) in [6, 6.07) is 3.08. The Labute approximate surface area is 84.7 Å². The minimum absolute atomic E-state index is 0.419. The Morgan fingerprint density at radius 1 is 1.57 bits per heavy atom. The normalized spacial score (nSPS) is 25.9. The average molecular weight is 191 g/mol. The first kappa shape index (κ1) is 9.62. The number of hydrogen-bond donors (Lipinski definition) is 2. The quantitative estimate of drug-likeness (QED) is 0.748. The van der Waals surface area contributed by atoms with Crippen LogP contribution in [0.2, 0.25) is 0 Å². The number of nitrogens with two attached hydrogens (primary N) is 1.